The van der Waals surface area contributed by atoms with E-state index in [4.69, 9.17) is 0 Å². The largest absolute Gasteiger partial charge is 0.0885 e. The highest BCUT2D eigenvalue weighted by Gasteiger charge is 1.82. The quantitative estimate of drug-likeness (QED) is 0.494. The van der Waals surface area contributed by atoms with Gasteiger partial charge < -0.3 is 0 Å². The lowest BCUT2D eigenvalue weighted by Gasteiger charge is -1.91. The molecule has 0 saturated carbocycles. The van der Waals surface area contributed by atoms with Gasteiger partial charge in [-0.1, -0.05) is 42.5 Å². The summed E-state index contributed by atoms with van der Waals surface area (Å²) in [6, 6.07) is 0. The van der Waals surface area contributed by atoms with Crippen molar-refractivity contribution in [3.05, 3.63) is 48.6 Å². The molecule has 0 unspecified atom stereocenters. The van der Waals surface area contributed by atoms with Crippen molar-refractivity contribution in [1.29, 1.82) is 0 Å². The molecule has 0 saturated heterocycles. The Morgan fingerprint density at radius 2 is 1.57 bits per heavy atom. The average molecular weight is 187 g/mol. The van der Waals surface area contributed by atoms with Gasteiger partial charge in [-0.2, -0.15) is 0 Å². The van der Waals surface area contributed by atoms with E-state index < -0.39 is 0 Å². The van der Waals surface area contributed by atoms with Crippen LogP contribution in [0.15, 0.2) is 42.5 Å². The standard InChI is InChI=1S/C14H19/c1-2-4-6-8-10-12-14-13-11-9-7-5-3-1/h1-3,6,8,11,13H,4,7,9-10,12,14H2. The molecule has 1 aliphatic carbocycles. The van der Waals surface area contributed by atoms with Crippen molar-refractivity contribution in [1.82, 2.24) is 0 Å². The lowest BCUT2D eigenvalue weighted by molar-refractivity contribution is 0.859. The third kappa shape index (κ3) is 6.47. The number of hydrogen-bond donors (Lipinski definition) is 0. The first-order chi connectivity index (χ1) is 7.00. The molecule has 0 aromatic rings. The fraction of sp³-hybridized carbons (Fsp3) is 0.429. The summed E-state index contributed by atoms with van der Waals surface area (Å²) in [5, 5.41) is 0. The van der Waals surface area contributed by atoms with Crippen LogP contribution in [0.5, 0.6) is 0 Å². The smallest absolute Gasteiger partial charge is 0.0166 e. The molecule has 0 fully saturated rings. The van der Waals surface area contributed by atoms with Gasteiger partial charge in [-0.25, -0.2) is 0 Å². The monoisotopic (exact) mass is 187 g/mol. The molecule has 0 nitrogen and oxygen atoms in total. The molecule has 0 N–H and O–H groups in total. The Morgan fingerprint density at radius 1 is 0.786 bits per heavy atom. The molecule has 0 atom stereocenters. The maximum absolute atomic E-state index is 3.25. The first kappa shape index (κ1) is 11.0. The van der Waals surface area contributed by atoms with Gasteiger partial charge in [0.2, 0.25) is 0 Å². The number of hydrogen-bond acceptors (Lipinski definition) is 0. The van der Waals surface area contributed by atoms with E-state index >= 15 is 0 Å². The Labute approximate surface area is 87.7 Å². The van der Waals surface area contributed by atoms with Crippen molar-refractivity contribution in [2.24, 2.45) is 0 Å². The van der Waals surface area contributed by atoms with Gasteiger partial charge in [0.1, 0.15) is 0 Å². The van der Waals surface area contributed by atoms with Gasteiger partial charge in [-0.15, -0.1) is 0 Å². The van der Waals surface area contributed by atoms with Crippen molar-refractivity contribution in [2.75, 3.05) is 0 Å². The second kappa shape index (κ2) is 8.55. The van der Waals surface area contributed by atoms with E-state index in [-0.39, 0.29) is 0 Å². The SMILES string of the molecule is [C]1=CC=CCC=CCCCC=CCC1. The topological polar surface area (TPSA) is 0 Å². The Bertz CT molecular complexity index is 228. The molecular weight excluding hydrogens is 168 g/mol. The van der Waals surface area contributed by atoms with Gasteiger partial charge >= 0.3 is 0 Å². The zero-order valence-corrected chi connectivity index (χ0v) is 8.78. The first-order valence-corrected chi connectivity index (χ1v) is 5.52. The molecule has 0 heteroatoms. The second-order valence-electron chi connectivity index (χ2n) is 3.45. The van der Waals surface area contributed by atoms with Crippen molar-refractivity contribution < 1.29 is 0 Å². The van der Waals surface area contributed by atoms with Crippen molar-refractivity contribution in [3.8, 4) is 0 Å². The maximum atomic E-state index is 3.25. The molecule has 0 amide bonds. The predicted octanol–water partition coefficient (Wildman–Crippen LogP) is 4.37. The minimum atomic E-state index is 1.04. The van der Waals surface area contributed by atoms with Crippen LogP contribution in [0.2, 0.25) is 0 Å². The Kier molecular flexibility index (Phi) is 6.74. The van der Waals surface area contributed by atoms with Crippen LogP contribution < -0.4 is 0 Å². The highest BCUT2D eigenvalue weighted by molar-refractivity contribution is 5.03. The lowest BCUT2D eigenvalue weighted by atomic mass is 10.2. The molecule has 0 spiro atoms. The summed E-state index contributed by atoms with van der Waals surface area (Å²) in [6.07, 6.45) is 25.5. The summed E-state index contributed by atoms with van der Waals surface area (Å²) in [7, 11) is 0. The number of rotatable bonds is 0. The van der Waals surface area contributed by atoms with Gasteiger partial charge in [-0.3, -0.25) is 0 Å². The van der Waals surface area contributed by atoms with E-state index in [9.17, 15) is 0 Å². The van der Waals surface area contributed by atoms with Crippen LogP contribution in [0.1, 0.15) is 38.5 Å². The zero-order chi connectivity index (χ0) is 9.90. The molecule has 1 radical (unpaired) electrons. The van der Waals surface area contributed by atoms with Gasteiger partial charge in [0, 0.05) is 0 Å². The highest BCUT2D eigenvalue weighted by atomic mass is 13.9. The van der Waals surface area contributed by atoms with Gasteiger partial charge in [0.15, 0.2) is 0 Å². The minimum Gasteiger partial charge on any atom is -0.0885 e. The van der Waals surface area contributed by atoms with Crippen LogP contribution in [-0.2, 0) is 0 Å². The molecule has 1 rings (SSSR count). The Morgan fingerprint density at radius 3 is 2.50 bits per heavy atom. The fourth-order valence-electron chi connectivity index (χ4n) is 1.35. The summed E-state index contributed by atoms with van der Waals surface area (Å²) in [5.41, 5.74) is 0. The highest BCUT2D eigenvalue weighted by Crippen LogP contribution is 2.02. The molecule has 14 heavy (non-hydrogen) atoms. The van der Waals surface area contributed by atoms with Crippen molar-refractivity contribution >= 4 is 0 Å². The van der Waals surface area contributed by atoms with E-state index in [1.54, 1.807) is 0 Å². The van der Waals surface area contributed by atoms with Crippen molar-refractivity contribution in [3.63, 3.8) is 0 Å². The van der Waals surface area contributed by atoms with E-state index in [2.05, 4.69) is 42.5 Å². The van der Waals surface area contributed by atoms with Gasteiger partial charge in [0.05, 0.1) is 0 Å². The number of allylic oxidation sites excluding steroid dienone is 8. The van der Waals surface area contributed by atoms with Gasteiger partial charge in [-0.05, 0) is 44.6 Å². The molecule has 0 aromatic carbocycles. The summed E-state index contributed by atoms with van der Waals surface area (Å²) >= 11 is 0. The van der Waals surface area contributed by atoms with E-state index in [0.717, 1.165) is 19.3 Å². The Balaban J connectivity index is 2.35. The third-order valence-corrected chi connectivity index (χ3v) is 2.15. The van der Waals surface area contributed by atoms with Crippen molar-refractivity contribution in [2.45, 2.75) is 38.5 Å². The molecule has 0 heterocycles. The third-order valence-electron chi connectivity index (χ3n) is 2.15. The van der Waals surface area contributed by atoms with E-state index in [0.29, 0.717) is 0 Å². The van der Waals surface area contributed by atoms with Crippen LogP contribution in [0.4, 0.5) is 0 Å². The summed E-state index contributed by atoms with van der Waals surface area (Å²) in [6.45, 7) is 0. The van der Waals surface area contributed by atoms with Crippen LogP contribution in [0, 0.1) is 6.08 Å². The summed E-state index contributed by atoms with van der Waals surface area (Å²) in [4.78, 5) is 0. The van der Waals surface area contributed by atoms with Crippen LogP contribution in [0.3, 0.4) is 0 Å². The Hall–Kier alpha value is -1.04. The molecule has 0 aromatic heterocycles. The van der Waals surface area contributed by atoms with Gasteiger partial charge in [0.25, 0.3) is 0 Å². The molecule has 0 aliphatic heterocycles. The molecule has 0 bridgehead atoms. The predicted molar refractivity (Wildman–Crippen MR) is 62.9 cm³/mol. The molecule has 1 aliphatic rings. The van der Waals surface area contributed by atoms with Crippen LogP contribution in [0.25, 0.3) is 0 Å². The van der Waals surface area contributed by atoms with Crippen LogP contribution in [-0.4, -0.2) is 0 Å². The lowest BCUT2D eigenvalue weighted by Crippen LogP contribution is -1.71. The van der Waals surface area contributed by atoms with E-state index in [1.165, 1.54) is 19.3 Å². The fourth-order valence-corrected chi connectivity index (χ4v) is 1.35. The van der Waals surface area contributed by atoms with E-state index in [1.807, 2.05) is 6.08 Å². The normalized spacial score (nSPS) is 19.4. The summed E-state index contributed by atoms with van der Waals surface area (Å²) in [5.74, 6) is 0. The first-order valence-electron chi connectivity index (χ1n) is 5.52. The summed E-state index contributed by atoms with van der Waals surface area (Å²) < 4.78 is 0. The minimum absolute atomic E-state index is 1.04. The maximum Gasteiger partial charge on any atom is -0.0166 e. The second-order valence-corrected chi connectivity index (χ2v) is 3.45. The molecular formula is C14H19. The zero-order valence-electron chi connectivity index (χ0n) is 8.78. The van der Waals surface area contributed by atoms with Crippen LogP contribution >= 0.6 is 0 Å². The molecule has 75 valence electrons. The average Bonchev–Trinajstić information content (AvgIpc) is 2.22.